The molecule has 0 unspecified atom stereocenters. The molecule has 5 heteroatoms. The predicted molar refractivity (Wildman–Crippen MR) is 67.6 cm³/mol. The van der Waals surface area contributed by atoms with Crippen LogP contribution in [0.3, 0.4) is 0 Å². The molecule has 0 aliphatic heterocycles. The highest BCUT2D eigenvalue weighted by Gasteiger charge is 2.17. The first-order chi connectivity index (χ1) is 9.11. The highest BCUT2D eigenvalue weighted by molar-refractivity contribution is 5.45. The normalized spacial score (nSPS) is 13.6. The number of hydrogen-bond donors (Lipinski definition) is 1. The van der Waals surface area contributed by atoms with Crippen LogP contribution >= 0.6 is 0 Å². The minimum Gasteiger partial charge on any atom is -0.383 e. The highest BCUT2D eigenvalue weighted by Crippen LogP contribution is 2.24. The number of nitrogens with two attached hydrogens (primary N) is 1. The Balaban J connectivity index is 1.93. The van der Waals surface area contributed by atoms with E-state index in [1.807, 2.05) is 0 Å². The molecule has 2 N–H and O–H groups in total. The number of hydrogen-bond acceptors (Lipinski definition) is 3. The molecule has 0 bridgehead atoms. The maximum Gasteiger partial charge on any atom is 0.135 e. The van der Waals surface area contributed by atoms with Gasteiger partial charge >= 0.3 is 0 Å². The van der Waals surface area contributed by atoms with Crippen molar-refractivity contribution in [2.75, 3.05) is 5.73 Å². The molecule has 0 spiro atoms. The van der Waals surface area contributed by atoms with Gasteiger partial charge < -0.3 is 5.73 Å². The number of fused-ring (bicyclic) bond motifs is 1. The van der Waals surface area contributed by atoms with E-state index in [0.717, 1.165) is 36.6 Å². The third-order valence-electron chi connectivity index (χ3n) is 3.30. The summed E-state index contributed by atoms with van der Waals surface area (Å²) < 4.78 is 26.2. The maximum absolute atomic E-state index is 13.1. The summed E-state index contributed by atoms with van der Waals surface area (Å²) in [5.74, 6) is -0.175. The summed E-state index contributed by atoms with van der Waals surface area (Å²) >= 11 is 0. The quantitative estimate of drug-likeness (QED) is 0.903. The first-order valence-corrected chi connectivity index (χ1v) is 6.21. The van der Waals surface area contributed by atoms with Gasteiger partial charge in [-0.05, 0) is 37.0 Å². The number of nitrogen functional groups attached to an aromatic ring is 1. The lowest BCUT2D eigenvalue weighted by Crippen LogP contribution is -2.06. The molecule has 1 aliphatic rings. The molecule has 0 radical (unpaired) electrons. The molecule has 0 atom stereocenters. The second kappa shape index (κ2) is 4.57. The second-order valence-electron chi connectivity index (χ2n) is 4.76. The maximum atomic E-state index is 13.1. The van der Waals surface area contributed by atoms with Crippen molar-refractivity contribution in [3.8, 4) is 0 Å². The van der Waals surface area contributed by atoms with Gasteiger partial charge in [0.1, 0.15) is 23.3 Å². The van der Waals surface area contributed by atoms with Crippen LogP contribution in [0.15, 0.2) is 18.2 Å². The van der Waals surface area contributed by atoms with Crippen LogP contribution in [0.5, 0.6) is 0 Å². The molecule has 1 aromatic carbocycles. The Morgan fingerprint density at radius 1 is 1.05 bits per heavy atom. The van der Waals surface area contributed by atoms with E-state index in [1.165, 1.54) is 12.1 Å². The van der Waals surface area contributed by atoms with Gasteiger partial charge in [0.15, 0.2) is 0 Å². The summed E-state index contributed by atoms with van der Waals surface area (Å²) in [6, 6.07) is 3.42. The molecular weight excluding hydrogens is 248 g/mol. The smallest absolute Gasteiger partial charge is 0.135 e. The van der Waals surface area contributed by atoms with Gasteiger partial charge in [0.05, 0.1) is 0 Å². The van der Waals surface area contributed by atoms with Crippen molar-refractivity contribution in [3.05, 3.63) is 52.5 Å². The van der Waals surface area contributed by atoms with Crippen molar-refractivity contribution in [2.45, 2.75) is 25.7 Å². The number of aromatic nitrogens is 2. The molecule has 98 valence electrons. The molecule has 3 rings (SSSR count). The average Bonchev–Trinajstić information content (AvgIpc) is 2.75. The molecule has 1 heterocycles. The Morgan fingerprint density at radius 3 is 2.53 bits per heavy atom. The van der Waals surface area contributed by atoms with Crippen molar-refractivity contribution >= 4 is 5.82 Å². The second-order valence-corrected chi connectivity index (χ2v) is 4.76. The number of benzene rings is 1. The van der Waals surface area contributed by atoms with Gasteiger partial charge in [-0.3, -0.25) is 0 Å². The summed E-state index contributed by atoms with van der Waals surface area (Å²) in [4.78, 5) is 8.65. The zero-order valence-electron chi connectivity index (χ0n) is 10.3. The average molecular weight is 261 g/mol. The standard InChI is InChI=1S/C14H13F2N3/c15-9-4-8(5-10(16)7-9)6-13-18-12-3-1-2-11(12)14(17)19-13/h4-5,7H,1-3,6H2,(H2,17,18,19). The van der Waals surface area contributed by atoms with Gasteiger partial charge in [-0.1, -0.05) is 0 Å². The van der Waals surface area contributed by atoms with Gasteiger partial charge in [-0.2, -0.15) is 0 Å². The lowest BCUT2D eigenvalue weighted by molar-refractivity contribution is 0.580. The predicted octanol–water partition coefficient (Wildman–Crippen LogP) is 2.42. The van der Waals surface area contributed by atoms with Crippen LogP contribution in [0.2, 0.25) is 0 Å². The van der Waals surface area contributed by atoms with Crippen LogP contribution < -0.4 is 5.73 Å². The summed E-state index contributed by atoms with van der Waals surface area (Å²) in [5, 5.41) is 0. The van der Waals surface area contributed by atoms with Crippen molar-refractivity contribution < 1.29 is 8.78 Å². The van der Waals surface area contributed by atoms with Gasteiger partial charge in [0, 0.05) is 23.7 Å². The molecule has 19 heavy (non-hydrogen) atoms. The molecule has 1 aromatic heterocycles. The lowest BCUT2D eigenvalue weighted by Gasteiger charge is -2.07. The number of anilines is 1. The number of aryl methyl sites for hydroxylation is 1. The zero-order valence-corrected chi connectivity index (χ0v) is 10.3. The van der Waals surface area contributed by atoms with Crippen LogP contribution in [0, 0.1) is 11.6 Å². The molecule has 0 amide bonds. The van der Waals surface area contributed by atoms with E-state index in [2.05, 4.69) is 9.97 Å². The summed E-state index contributed by atoms with van der Waals surface area (Å²) in [5.41, 5.74) is 8.39. The van der Waals surface area contributed by atoms with Gasteiger partial charge in [0.25, 0.3) is 0 Å². The molecule has 0 saturated carbocycles. The summed E-state index contributed by atoms with van der Waals surface area (Å²) in [7, 11) is 0. The number of halogens is 2. The summed E-state index contributed by atoms with van der Waals surface area (Å²) in [6.07, 6.45) is 3.13. The van der Waals surface area contributed by atoms with Crippen LogP contribution in [0.1, 0.15) is 29.1 Å². The first kappa shape index (κ1) is 12.0. The summed E-state index contributed by atoms with van der Waals surface area (Å²) in [6.45, 7) is 0. The Hall–Kier alpha value is -2.04. The van der Waals surface area contributed by atoms with Crippen LogP contribution in [0.25, 0.3) is 0 Å². The lowest BCUT2D eigenvalue weighted by atomic mass is 10.1. The van der Waals surface area contributed by atoms with E-state index in [1.54, 1.807) is 0 Å². The van der Waals surface area contributed by atoms with E-state index in [-0.39, 0.29) is 6.42 Å². The van der Waals surface area contributed by atoms with Crippen LogP contribution in [-0.4, -0.2) is 9.97 Å². The van der Waals surface area contributed by atoms with E-state index in [4.69, 9.17) is 5.73 Å². The van der Waals surface area contributed by atoms with E-state index < -0.39 is 11.6 Å². The minimum atomic E-state index is -0.593. The van der Waals surface area contributed by atoms with Gasteiger partial charge in [-0.15, -0.1) is 0 Å². The van der Waals surface area contributed by atoms with Crippen molar-refractivity contribution in [2.24, 2.45) is 0 Å². The van der Waals surface area contributed by atoms with E-state index >= 15 is 0 Å². The van der Waals surface area contributed by atoms with Crippen molar-refractivity contribution in [3.63, 3.8) is 0 Å². The van der Waals surface area contributed by atoms with E-state index in [9.17, 15) is 8.78 Å². The largest absolute Gasteiger partial charge is 0.383 e. The molecule has 0 fully saturated rings. The Labute approximate surface area is 109 Å². The SMILES string of the molecule is Nc1nc(Cc2cc(F)cc(F)c2)nc2c1CCC2. The number of rotatable bonds is 2. The van der Waals surface area contributed by atoms with Gasteiger partial charge in [0.2, 0.25) is 0 Å². The minimum absolute atomic E-state index is 0.284. The molecule has 0 saturated heterocycles. The van der Waals surface area contributed by atoms with E-state index in [0.29, 0.717) is 17.2 Å². The Bertz CT molecular complexity index is 621. The van der Waals surface area contributed by atoms with Crippen molar-refractivity contribution in [1.29, 1.82) is 0 Å². The Morgan fingerprint density at radius 2 is 1.79 bits per heavy atom. The fourth-order valence-corrected chi connectivity index (χ4v) is 2.49. The molecular formula is C14H13F2N3. The Kier molecular flexibility index (Phi) is 2.89. The fourth-order valence-electron chi connectivity index (χ4n) is 2.49. The molecule has 1 aliphatic carbocycles. The number of nitrogens with zero attached hydrogens (tertiary/aromatic N) is 2. The van der Waals surface area contributed by atoms with Crippen molar-refractivity contribution in [1.82, 2.24) is 9.97 Å². The third-order valence-corrected chi connectivity index (χ3v) is 3.30. The third kappa shape index (κ3) is 2.41. The van der Waals surface area contributed by atoms with Crippen LogP contribution in [0.4, 0.5) is 14.6 Å². The monoisotopic (exact) mass is 261 g/mol. The highest BCUT2D eigenvalue weighted by atomic mass is 19.1. The molecule has 2 aromatic rings. The zero-order chi connectivity index (χ0) is 13.4. The first-order valence-electron chi connectivity index (χ1n) is 6.21. The molecule has 3 nitrogen and oxygen atoms in total. The van der Waals surface area contributed by atoms with Gasteiger partial charge in [-0.25, -0.2) is 18.7 Å². The topological polar surface area (TPSA) is 51.8 Å². The fraction of sp³-hybridized carbons (Fsp3) is 0.286. The van der Waals surface area contributed by atoms with Crippen LogP contribution in [-0.2, 0) is 19.3 Å².